The Balaban J connectivity index is 1.79. The smallest absolute Gasteiger partial charge is 0.140 e. The van der Waals surface area contributed by atoms with Crippen LogP contribution in [0.15, 0.2) is 0 Å². The second-order valence-electron chi connectivity index (χ2n) is 6.51. The van der Waals surface area contributed by atoms with Crippen LogP contribution in [-0.4, -0.2) is 17.0 Å². The number of Topliss-reactive ketones (excluding diaryl/α,β-unsaturated/α-hetero) is 1. The van der Waals surface area contributed by atoms with Crippen LogP contribution in [0.3, 0.4) is 0 Å². The van der Waals surface area contributed by atoms with Crippen molar-refractivity contribution in [2.24, 2.45) is 47.3 Å². The van der Waals surface area contributed by atoms with E-state index >= 15 is 0 Å². The highest BCUT2D eigenvalue weighted by Gasteiger charge is 2.79. The van der Waals surface area contributed by atoms with Crippen molar-refractivity contribution >= 4 is 5.78 Å². The maximum atomic E-state index is 12.2. The Kier molecular flexibility index (Phi) is 1.07. The number of aliphatic hydroxyl groups is 1. The number of fused-ring (bicyclic) bond motifs is 3. The van der Waals surface area contributed by atoms with Gasteiger partial charge in [-0.15, -0.1) is 0 Å². The SMILES string of the molecule is O=C1C2C3CCCC4C2C(O)C2C1C3C42. The second kappa shape index (κ2) is 2.04. The van der Waals surface area contributed by atoms with Crippen molar-refractivity contribution in [1.29, 1.82) is 0 Å². The van der Waals surface area contributed by atoms with Crippen LogP contribution in [0.4, 0.5) is 0 Å². The quantitative estimate of drug-likeness (QED) is 0.641. The summed E-state index contributed by atoms with van der Waals surface area (Å²) in [7, 11) is 0. The van der Waals surface area contributed by atoms with Gasteiger partial charge in [-0.1, -0.05) is 6.42 Å². The molecule has 2 nitrogen and oxygen atoms in total. The summed E-state index contributed by atoms with van der Waals surface area (Å²) in [6.07, 6.45) is 3.79. The topological polar surface area (TPSA) is 37.3 Å². The van der Waals surface area contributed by atoms with Gasteiger partial charge in [-0.05, 0) is 48.3 Å². The molecule has 0 aliphatic heterocycles. The first-order valence-electron chi connectivity index (χ1n) is 6.52. The molecular weight excluding hydrogens is 188 g/mol. The van der Waals surface area contributed by atoms with E-state index in [9.17, 15) is 9.90 Å². The zero-order valence-corrected chi connectivity index (χ0v) is 8.67. The molecule has 0 aromatic carbocycles. The molecule has 1 N–H and O–H groups in total. The van der Waals surface area contributed by atoms with Crippen LogP contribution in [0.25, 0.3) is 0 Å². The van der Waals surface area contributed by atoms with E-state index in [0.717, 1.165) is 11.8 Å². The number of rotatable bonds is 0. The first kappa shape index (κ1) is 7.83. The summed E-state index contributed by atoms with van der Waals surface area (Å²) in [6, 6.07) is 0. The van der Waals surface area contributed by atoms with Gasteiger partial charge in [0.05, 0.1) is 6.10 Å². The molecular formula is C13H16O2. The Hall–Kier alpha value is -0.370. The minimum Gasteiger partial charge on any atom is -0.392 e. The molecule has 9 atom stereocenters. The third-order valence-corrected chi connectivity index (χ3v) is 6.60. The van der Waals surface area contributed by atoms with Crippen LogP contribution >= 0.6 is 0 Å². The lowest BCUT2D eigenvalue weighted by molar-refractivity contribution is -0.141. The lowest BCUT2D eigenvalue weighted by atomic mass is 9.55. The summed E-state index contributed by atoms with van der Waals surface area (Å²) in [5, 5.41) is 10.3. The Bertz CT molecular complexity index is 377. The van der Waals surface area contributed by atoms with Crippen molar-refractivity contribution < 1.29 is 9.90 Å². The van der Waals surface area contributed by atoms with Crippen molar-refractivity contribution in [3.8, 4) is 0 Å². The highest BCUT2D eigenvalue weighted by molar-refractivity contribution is 5.90. The molecule has 6 aliphatic carbocycles. The average Bonchev–Trinajstić information content (AvgIpc) is 2.46. The lowest BCUT2D eigenvalue weighted by Gasteiger charge is -2.48. The van der Waals surface area contributed by atoms with Gasteiger partial charge < -0.3 is 5.11 Å². The van der Waals surface area contributed by atoms with Crippen LogP contribution in [0.1, 0.15) is 19.3 Å². The van der Waals surface area contributed by atoms with Crippen LogP contribution in [-0.2, 0) is 4.79 Å². The van der Waals surface area contributed by atoms with Crippen LogP contribution in [0.2, 0.25) is 0 Å². The summed E-state index contributed by atoms with van der Waals surface area (Å²) in [5.41, 5.74) is 0. The van der Waals surface area contributed by atoms with Gasteiger partial charge in [0, 0.05) is 11.8 Å². The van der Waals surface area contributed by atoms with E-state index in [2.05, 4.69) is 0 Å². The number of aliphatic hydroxyl groups excluding tert-OH is 1. The lowest BCUT2D eigenvalue weighted by Crippen LogP contribution is -2.50. The van der Waals surface area contributed by atoms with Crippen LogP contribution in [0, 0.1) is 47.3 Å². The van der Waals surface area contributed by atoms with Gasteiger partial charge in [-0.2, -0.15) is 0 Å². The number of ketones is 1. The largest absolute Gasteiger partial charge is 0.392 e. The Labute approximate surface area is 89.0 Å². The standard InChI is InChI=1S/C13H16O2/c14-12-8-4-2-1-3-5-7-6(4)10(12)11(7)13(15)9(5)8/h4-12,14H,1-3H2. The molecule has 6 rings (SSSR count). The maximum Gasteiger partial charge on any atom is 0.140 e. The summed E-state index contributed by atoms with van der Waals surface area (Å²) in [6.45, 7) is 0. The van der Waals surface area contributed by atoms with Crippen molar-refractivity contribution in [1.82, 2.24) is 0 Å². The summed E-state index contributed by atoms with van der Waals surface area (Å²) in [4.78, 5) is 12.2. The molecule has 6 fully saturated rings. The monoisotopic (exact) mass is 204 g/mol. The van der Waals surface area contributed by atoms with E-state index in [4.69, 9.17) is 0 Å². The Morgan fingerprint density at radius 1 is 0.933 bits per heavy atom. The first-order valence-corrected chi connectivity index (χ1v) is 6.52. The first-order chi connectivity index (χ1) is 7.30. The third-order valence-electron chi connectivity index (χ3n) is 6.60. The van der Waals surface area contributed by atoms with Crippen molar-refractivity contribution in [2.45, 2.75) is 25.4 Å². The van der Waals surface area contributed by atoms with Gasteiger partial charge in [0.1, 0.15) is 5.78 Å². The molecule has 6 saturated carbocycles. The molecule has 80 valence electrons. The van der Waals surface area contributed by atoms with E-state index < -0.39 is 0 Å². The molecule has 0 radical (unpaired) electrons. The Morgan fingerprint density at radius 2 is 1.73 bits per heavy atom. The number of hydrogen-bond acceptors (Lipinski definition) is 2. The van der Waals surface area contributed by atoms with Crippen molar-refractivity contribution in [2.75, 3.05) is 0 Å². The molecule has 2 heteroatoms. The zero-order chi connectivity index (χ0) is 9.89. The van der Waals surface area contributed by atoms with E-state index in [0.29, 0.717) is 35.4 Å². The molecule has 0 saturated heterocycles. The molecule has 6 bridgehead atoms. The van der Waals surface area contributed by atoms with E-state index in [1.54, 1.807) is 0 Å². The van der Waals surface area contributed by atoms with Crippen LogP contribution in [0.5, 0.6) is 0 Å². The van der Waals surface area contributed by atoms with Crippen molar-refractivity contribution in [3.63, 3.8) is 0 Å². The molecule has 0 aromatic rings. The highest BCUT2D eigenvalue weighted by Crippen LogP contribution is 2.77. The molecule has 0 spiro atoms. The van der Waals surface area contributed by atoms with E-state index in [1.165, 1.54) is 19.3 Å². The maximum absolute atomic E-state index is 12.2. The predicted octanol–water partition coefficient (Wildman–Crippen LogP) is 1.08. The molecule has 0 amide bonds. The van der Waals surface area contributed by atoms with Crippen LogP contribution < -0.4 is 0 Å². The molecule has 0 aromatic heterocycles. The minimum atomic E-state index is -0.105. The second-order valence-corrected chi connectivity index (χ2v) is 6.51. The number of hydrogen-bond donors (Lipinski definition) is 1. The van der Waals surface area contributed by atoms with Gasteiger partial charge in [0.2, 0.25) is 0 Å². The summed E-state index contributed by atoms with van der Waals surface area (Å²) < 4.78 is 0. The Morgan fingerprint density at radius 3 is 2.60 bits per heavy atom. The highest BCUT2D eigenvalue weighted by atomic mass is 16.3. The van der Waals surface area contributed by atoms with Gasteiger partial charge in [0.15, 0.2) is 0 Å². The number of carbonyl (C=O) groups is 1. The normalized spacial score (nSPS) is 72.3. The zero-order valence-electron chi connectivity index (χ0n) is 8.67. The van der Waals surface area contributed by atoms with Crippen molar-refractivity contribution in [3.05, 3.63) is 0 Å². The number of carbonyl (C=O) groups excluding carboxylic acids is 1. The van der Waals surface area contributed by atoms with Gasteiger partial charge in [-0.3, -0.25) is 4.79 Å². The fourth-order valence-corrected chi connectivity index (χ4v) is 6.53. The third kappa shape index (κ3) is 0.555. The van der Waals surface area contributed by atoms with Gasteiger partial charge >= 0.3 is 0 Å². The minimum absolute atomic E-state index is 0.105. The molecule has 15 heavy (non-hydrogen) atoms. The fourth-order valence-electron chi connectivity index (χ4n) is 6.53. The fraction of sp³-hybridized carbons (Fsp3) is 0.923. The van der Waals surface area contributed by atoms with E-state index in [1.807, 2.05) is 0 Å². The molecule has 9 unspecified atom stereocenters. The van der Waals surface area contributed by atoms with Gasteiger partial charge in [-0.25, -0.2) is 0 Å². The molecule has 0 heterocycles. The molecule has 6 aliphatic rings. The summed E-state index contributed by atoms with van der Waals surface area (Å²) in [5.74, 6) is 4.82. The average molecular weight is 204 g/mol. The van der Waals surface area contributed by atoms with Gasteiger partial charge in [0.25, 0.3) is 0 Å². The predicted molar refractivity (Wildman–Crippen MR) is 52.8 cm³/mol. The van der Waals surface area contributed by atoms with E-state index in [-0.39, 0.29) is 12.0 Å². The summed E-state index contributed by atoms with van der Waals surface area (Å²) >= 11 is 0.